The highest BCUT2D eigenvalue weighted by Gasteiger charge is 2.01. The largest absolute Gasteiger partial charge is 0.0616 e. The first-order valence-corrected chi connectivity index (χ1v) is 5.86. The van der Waals surface area contributed by atoms with Crippen molar-refractivity contribution in [3.63, 3.8) is 0 Å². The number of benzene rings is 2. The van der Waals surface area contributed by atoms with E-state index in [9.17, 15) is 0 Å². The average molecular weight is 312 g/mol. The average Bonchev–Trinajstić information content (AvgIpc) is 2.18. The van der Waals surface area contributed by atoms with Gasteiger partial charge in [0.25, 0.3) is 0 Å². The Labute approximate surface area is 100 Å². The molecule has 0 aliphatic rings. The van der Waals surface area contributed by atoms with Crippen molar-refractivity contribution in [2.75, 3.05) is 0 Å². The van der Waals surface area contributed by atoms with Crippen LogP contribution < -0.4 is 0 Å². The first-order valence-electron chi connectivity index (χ1n) is 4.28. The van der Waals surface area contributed by atoms with Crippen molar-refractivity contribution >= 4 is 31.9 Å². The summed E-state index contributed by atoms with van der Waals surface area (Å²) in [6.07, 6.45) is 0. The maximum absolute atomic E-state index is 3.54. The molecule has 0 heterocycles. The van der Waals surface area contributed by atoms with Crippen LogP contribution in [0, 0.1) is 0 Å². The summed E-state index contributed by atoms with van der Waals surface area (Å²) in [4.78, 5) is 0. The van der Waals surface area contributed by atoms with Gasteiger partial charge >= 0.3 is 0 Å². The summed E-state index contributed by atoms with van der Waals surface area (Å²) in [5.74, 6) is 0. The molecule has 0 bridgehead atoms. The summed E-state index contributed by atoms with van der Waals surface area (Å²) in [6, 6.07) is 16.5. The Kier molecular flexibility index (Phi) is 3.04. The van der Waals surface area contributed by atoms with E-state index in [4.69, 9.17) is 0 Å². The zero-order chi connectivity index (χ0) is 9.97. The van der Waals surface area contributed by atoms with Gasteiger partial charge in [0.2, 0.25) is 0 Å². The third-order valence-corrected chi connectivity index (χ3v) is 3.19. The van der Waals surface area contributed by atoms with Crippen LogP contribution in [-0.4, -0.2) is 0 Å². The summed E-state index contributed by atoms with van der Waals surface area (Å²) >= 11 is 7.01. The molecular weight excluding hydrogens is 304 g/mol. The van der Waals surface area contributed by atoms with Crippen LogP contribution in [0.1, 0.15) is 0 Å². The summed E-state index contributed by atoms with van der Waals surface area (Å²) in [6.45, 7) is 0. The molecule has 0 aliphatic carbocycles. The Morgan fingerprint density at radius 3 is 2.29 bits per heavy atom. The van der Waals surface area contributed by atoms with Crippen LogP contribution in [0.5, 0.6) is 0 Å². The molecule has 0 radical (unpaired) electrons. The minimum Gasteiger partial charge on any atom is -0.0616 e. The highest BCUT2D eigenvalue weighted by atomic mass is 79.9. The molecule has 2 aromatic carbocycles. The van der Waals surface area contributed by atoms with Gasteiger partial charge in [-0.15, -0.1) is 0 Å². The Bertz CT molecular complexity index is 450. The van der Waals surface area contributed by atoms with Crippen LogP contribution in [0.4, 0.5) is 0 Å². The quantitative estimate of drug-likeness (QED) is 0.704. The molecule has 0 spiro atoms. The predicted molar refractivity (Wildman–Crippen MR) is 67.3 cm³/mol. The lowest BCUT2D eigenvalue weighted by Crippen LogP contribution is -1.78. The second-order valence-electron chi connectivity index (χ2n) is 2.99. The van der Waals surface area contributed by atoms with Gasteiger partial charge in [0, 0.05) is 8.95 Å². The maximum Gasteiger partial charge on any atom is 0.0253 e. The molecule has 0 saturated carbocycles. The van der Waals surface area contributed by atoms with Gasteiger partial charge in [-0.1, -0.05) is 62.2 Å². The molecular formula is C12H8Br2. The molecule has 2 heteroatoms. The first kappa shape index (κ1) is 9.94. The number of halogens is 2. The van der Waals surface area contributed by atoms with Gasteiger partial charge in [-0.3, -0.25) is 0 Å². The van der Waals surface area contributed by atoms with Crippen molar-refractivity contribution in [1.29, 1.82) is 0 Å². The smallest absolute Gasteiger partial charge is 0.0253 e. The van der Waals surface area contributed by atoms with Gasteiger partial charge in [0.05, 0.1) is 0 Å². The molecule has 0 nitrogen and oxygen atoms in total. The second kappa shape index (κ2) is 4.28. The van der Waals surface area contributed by atoms with Crippen molar-refractivity contribution in [2.24, 2.45) is 0 Å². The molecule has 2 aromatic rings. The number of hydrogen-bond acceptors (Lipinski definition) is 0. The molecule has 0 saturated heterocycles. The van der Waals surface area contributed by atoms with Crippen molar-refractivity contribution < 1.29 is 0 Å². The molecule has 0 fully saturated rings. The Morgan fingerprint density at radius 1 is 0.786 bits per heavy atom. The third kappa shape index (κ3) is 2.07. The molecule has 0 atom stereocenters. The van der Waals surface area contributed by atoms with E-state index >= 15 is 0 Å². The fraction of sp³-hybridized carbons (Fsp3) is 0. The van der Waals surface area contributed by atoms with Crippen LogP contribution in [0.15, 0.2) is 57.5 Å². The highest BCUT2D eigenvalue weighted by molar-refractivity contribution is 9.10. The Hall–Kier alpha value is -0.600. The predicted octanol–water partition coefficient (Wildman–Crippen LogP) is 4.88. The first-order chi connectivity index (χ1) is 6.77. The van der Waals surface area contributed by atoms with Crippen LogP contribution in [0.2, 0.25) is 0 Å². The summed E-state index contributed by atoms with van der Waals surface area (Å²) in [5, 5.41) is 0. The van der Waals surface area contributed by atoms with E-state index in [0.717, 1.165) is 8.95 Å². The normalized spacial score (nSPS) is 10.1. The van der Waals surface area contributed by atoms with E-state index in [-0.39, 0.29) is 0 Å². The maximum atomic E-state index is 3.54. The number of rotatable bonds is 1. The van der Waals surface area contributed by atoms with Crippen LogP contribution in [0.3, 0.4) is 0 Å². The zero-order valence-electron chi connectivity index (χ0n) is 7.37. The van der Waals surface area contributed by atoms with Crippen LogP contribution in [0.25, 0.3) is 11.1 Å². The van der Waals surface area contributed by atoms with E-state index in [0.29, 0.717) is 0 Å². The Balaban J connectivity index is 2.55. The highest BCUT2D eigenvalue weighted by Crippen LogP contribution is 2.29. The molecule has 70 valence electrons. The van der Waals surface area contributed by atoms with E-state index < -0.39 is 0 Å². The van der Waals surface area contributed by atoms with Gasteiger partial charge in [-0.2, -0.15) is 0 Å². The summed E-state index contributed by atoms with van der Waals surface area (Å²) in [5.41, 5.74) is 2.43. The second-order valence-corrected chi connectivity index (χ2v) is 4.76. The van der Waals surface area contributed by atoms with Crippen molar-refractivity contribution in [1.82, 2.24) is 0 Å². The third-order valence-electron chi connectivity index (χ3n) is 2.01. The SMILES string of the molecule is Brc1cccc(-c2ccccc2Br)c1. The molecule has 0 unspecified atom stereocenters. The molecule has 0 aromatic heterocycles. The minimum atomic E-state index is 1.10. The molecule has 0 aliphatic heterocycles. The summed E-state index contributed by atoms with van der Waals surface area (Å²) < 4.78 is 2.23. The standard InChI is InChI=1S/C12H8Br2/c13-10-5-3-4-9(8-10)11-6-1-2-7-12(11)14/h1-8H. The summed E-state index contributed by atoms with van der Waals surface area (Å²) in [7, 11) is 0. The van der Waals surface area contributed by atoms with Crippen molar-refractivity contribution in [3.05, 3.63) is 57.5 Å². The lowest BCUT2D eigenvalue weighted by atomic mass is 10.1. The monoisotopic (exact) mass is 310 g/mol. The minimum absolute atomic E-state index is 1.10. The Morgan fingerprint density at radius 2 is 1.57 bits per heavy atom. The van der Waals surface area contributed by atoms with Gasteiger partial charge < -0.3 is 0 Å². The molecule has 0 amide bonds. The molecule has 0 N–H and O–H groups in total. The fourth-order valence-electron chi connectivity index (χ4n) is 1.35. The van der Waals surface area contributed by atoms with Crippen molar-refractivity contribution in [3.8, 4) is 11.1 Å². The number of hydrogen-bond donors (Lipinski definition) is 0. The van der Waals surface area contributed by atoms with E-state index in [1.54, 1.807) is 0 Å². The lowest BCUT2D eigenvalue weighted by Gasteiger charge is -2.04. The molecule has 2 rings (SSSR count). The van der Waals surface area contributed by atoms with Crippen LogP contribution >= 0.6 is 31.9 Å². The van der Waals surface area contributed by atoms with Crippen LogP contribution in [-0.2, 0) is 0 Å². The van der Waals surface area contributed by atoms with E-state index in [2.05, 4.69) is 56.1 Å². The van der Waals surface area contributed by atoms with Gasteiger partial charge in [-0.25, -0.2) is 0 Å². The van der Waals surface area contributed by atoms with Gasteiger partial charge in [0.15, 0.2) is 0 Å². The van der Waals surface area contributed by atoms with E-state index in [1.807, 2.05) is 24.3 Å². The molecule has 14 heavy (non-hydrogen) atoms. The lowest BCUT2D eigenvalue weighted by molar-refractivity contribution is 1.57. The van der Waals surface area contributed by atoms with Gasteiger partial charge in [0.1, 0.15) is 0 Å². The topological polar surface area (TPSA) is 0 Å². The zero-order valence-corrected chi connectivity index (χ0v) is 10.5. The fourth-order valence-corrected chi connectivity index (χ4v) is 2.26. The van der Waals surface area contributed by atoms with Crippen molar-refractivity contribution in [2.45, 2.75) is 0 Å². The van der Waals surface area contributed by atoms with Gasteiger partial charge in [-0.05, 0) is 29.3 Å². The van der Waals surface area contributed by atoms with E-state index in [1.165, 1.54) is 11.1 Å².